The first-order chi connectivity index (χ1) is 9.70. The lowest BCUT2D eigenvalue weighted by Gasteiger charge is -2.16. The first-order valence-electron chi connectivity index (χ1n) is 5.14. The number of nitrogens with zero attached hydrogens (tertiary/aromatic N) is 4. The van der Waals surface area contributed by atoms with Crippen molar-refractivity contribution >= 4 is 11.8 Å². The van der Waals surface area contributed by atoms with Crippen LogP contribution in [0.2, 0.25) is 0 Å². The van der Waals surface area contributed by atoms with Gasteiger partial charge in [0, 0.05) is 6.20 Å². The Kier molecular flexibility index (Phi) is 3.53. The molecule has 1 aliphatic heterocycles. The highest BCUT2D eigenvalue weighted by atomic mass is 19.4. The first-order valence-corrected chi connectivity index (χ1v) is 5.14. The van der Waals surface area contributed by atoms with Crippen LogP contribution in [0.4, 0.5) is 22.0 Å². The highest BCUT2D eigenvalue weighted by molar-refractivity contribution is 5.87. The maximum atomic E-state index is 13.0. The molecule has 0 bridgehead atoms. The number of hydrogen-bond acceptors (Lipinski definition) is 6. The second-order valence-electron chi connectivity index (χ2n) is 3.71. The molecule has 0 fully saturated rings. The average molecular weight is 309 g/mol. The van der Waals surface area contributed by atoms with E-state index in [1.54, 1.807) is 5.32 Å². The number of nitrogens with one attached hydrogen (secondary N) is 1. The van der Waals surface area contributed by atoms with Crippen LogP contribution in [0.3, 0.4) is 0 Å². The fourth-order valence-electron chi connectivity index (χ4n) is 1.54. The van der Waals surface area contributed by atoms with E-state index in [4.69, 9.17) is 0 Å². The van der Waals surface area contributed by atoms with E-state index in [1.807, 2.05) is 0 Å². The Morgan fingerprint density at radius 1 is 1.33 bits per heavy atom. The molecule has 12 heteroatoms. The molecule has 0 spiro atoms. The van der Waals surface area contributed by atoms with E-state index in [1.165, 1.54) is 0 Å². The molecule has 0 amide bonds. The molecule has 112 valence electrons. The van der Waals surface area contributed by atoms with Crippen LogP contribution in [0.1, 0.15) is 11.3 Å². The number of rotatable bonds is 2. The molecule has 0 aliphatic carbocycles. The van der Waals surface area contributed by atoms with Gasteiger partial charge in [-0.15, -0.1) is 0 Å². The molecule has 0 saturated heterocycles. The summed E-state index contributed by atoms with van der Waals surface area (Å²) >= 11 is 0. The number of nitro groups is 1. The summed E-state index contributed by atoms with van der Waals surface area (Å²) in [4.78, 5) is 18.4. The van der Waals surface area contributed by atoms with Gasteiger partial charge in [0.05, 0.1) is 4.92 Å². The number of hydrogen-bond donors (Lipinski definition) is 1. The van der Waals surface area contributed by atoms with Gasteiger partial charge in [0.15, 0.2) is 0 Å². The van der Waals surface area contributed by atoms with Crippen LogP contribution in [0.5, 0.6) is 0 Å². The summed E-state index contributed by atoms with van der Waals surface area (Å²) in [6.07, 6.45) is -7.78. The molecular weight excluding hydrogens is 305 g/mol. The van der Waals surface area contributed by atoms with Crippen molar-refractivity contribution in [3.8, 4) is 0 Å². The molecule has 0 radical (unpaired) electrons. The van der Waals surface area contributed by atoms with E-state index in [2.05, 4.69) is 15.0 Å². The molecule has 21 heavy (non-hydrogen) atoms. The Morgan fingerprint density at radius 3 is 2.57 bits per heavy atom. The molecule has 1 N–H and O–H groups in total. The Morgan fingerprint density at radius 2 is 2.00 bits per heavy atom. The van der Waals surface area contributed by atoms with E-state index < -0.39 is 52.5 Å². The Hall–Kier alpha value is -2.66. The Labute approximate surface area is 112 Å². The molecule has 2 rings (SSSR count). The van der Waals surface area contributed by atoms with Gasteiger partial charge >= 0.3 is 12.3 Å². The van der Waals surface area contributed by atoms with Gasteiger partial charge in [-0.05, 0) is 0 Å². The lowest BCUT2D eigenvalue weighted by Crippen LogP contribution is -2.29. The van der Waals surface area contributed by atoms with Gasteiger partial charge in [-0.25, -0.2) is 9.98 Å². The van der Waals surface area contributed by atoms with Crippen LogP contribution < -0.4 is 5.32 Å². The quantitative estimate of drug-likeness (QED) is 0.294. The second kappa shape index (κ2) is 5.03. The third kappa shape index (κ3) is 2.93. The first kappa shape index (κ1) is 14.7. The molecule has 2 heterocycles. The van der Waals surface area contributed by atoms with Gasteiger partial charge in [-0.3, -0.25) is 10.1 Å². The van der Waals surface area contributed by atoms with E-state index in [-0.39, 0.29) is 6.20 Å². The van der Waals surface area contributed by atoms with Crippen molar-refractivity contribution in [2.75, 3.05) is 6.54 Å². The minimum absolute atomic E-state index is 0.119. The molecule has 0 unspecified atom stereocenters. The average Bonchev–Trinajstić information content (AvgIpc) is 2.36. The number of amidine groups is 1. The summed E-state index contributed by atoms with van der Waals surface area (Å²) in [6.45, 7) is -0.815. The lowest BCUT2D eigenvalue weighted by molar-refractivity contribution is -0.424. The van der Waals surface area contributed by atoms with Crippen molar-refractivity contribution in [1.29, 1.82) is 0 Å². The zero-order chi connectivity index (χ0) is 15.8. The summed E-state index contributed by atoms with van der Waals surface area (Å²) in [7, 11) is 0. The Balaban J connectivity index is 2.68. The fourth-order valence-corrected chi connectivity index (χ4v) is 1.54. The maximum Gasteiger partial charge on any atom is 0.420 e. The smallest absolute Gasteiger partial charge is 0.309 e. The summed E-state index contributed by atoms with van der Waals surface area (Å²) in [5.41, 5.74) is -4.49. The summed E-state index contributed by atoms with van der Waals surface area (Å²) in [6, 6.07) is 0. The number of halogens is 5. The van der Waals surface area contributed by atoms with Gasteiger partial charge in [0.25, 0.3) is 11.8 Å². The molecule has 0 atom stereocenters. The maximum absolute atomic E-state index is 13.0. The summed E-state index contributed by atoms with van der Waals surface area (Å²) in [5.74, 6) is 0. The molecular formula is C9H4F5N5O2. The Bertz CT molecular complexity index is 669. The van der Waals surface area contributed by atoms with Crippen LogP contribution in [0.15, 0.2) is 16.9 Å². The van der Waals surface area contributed by atoms with Gasteiger partial charge in [0.2, 0.25) is 0 Å². The topological polar surface area (TPSA) is 93.3 Å². The van der Waals surface area contributed by atoms with Crippen LogP contribution >= 0.6 is 0 Å². The molecule has 7 nitrogen and oxygen atoms in total. The summed E-state index contributed by atoms with van der Waals surface area (Å²) < 4.78 is 64.5. The number of aliphatic imine (C=N–C) groups is 1. The van der Waals surface area contributed by atoms with E-state index >= 15 is 0 Å². The zero-order valence-electron chi connectivity index (χ0n) is 9.78. The van der Waals surface area contributed by atoms with E-state index in [9.17, 15) is 32.1 Å². The van der Waals surface area contributed by atoms with Gasteiger partial charge in [-0.2, -0.15) is 26.9 Å². The highest BCUT2D eigenvalue weighted by Gasteiger charge is 2.39. The van der Waals surface area contributed by atoms with E-state index in [0.717, 1.165) is 0 Å². The monoisotopic (exact) mass is 309 g/mol. The number of aromatic nitrogens is 2. The fraction of sp³-hybridized carbons (Fsp3) is 0.222. The molecule has 0 saturated carbocycles. The van der Waals surface area contributed by atoms with Crippen LogP contribution in [0, 0.1) is 16.2 Å². The second-order valence-corrected chi connectivity index (χ2v) is 3.71. The normalized spacial score (nSPS) is 15.6. The van der Waals surface area contributed by atoms with Gasteiger partial charge < -0.3 is 5.32 Å². The minimum atomic E-state index is -5.01. The standard InChI is InChI=1S/C9H4F5N5O2/c10-7-15-1-3(9(12,13)14)5(17-7)6-4(19(20)21)2-16-8(11)18-6/h1H,2H2,(H,16,18). The van der Waals surface area contributed by atoms with Crippen molar-refractivity contribution in [2.45, 2.75) is 6.18 Å². The van der Waals surface area contributed by atoms with Crippen LogP contribution in [-0.4, -0.2) is 27.5 Å². The third-order valence-corrected chi connectivity index (χ3v) is 2.41. The number of alkyl halides is 3. The largest absolute Gasteiger partial charge is 0.420 e. The predicted molar refractivity (Wildman–Crippen MR) is 57.5 cm³/mol. The lowest BCUT2D eigenvalue weighted by atomic mass is 10.1. The van der Waals surface area contributed by atoms with Gasteiger partial charge in [0.1, 0.15) is 23.5 Å². The SMILES string of the molecule is O=[N+]([O-])C1=C(c2nc(F)ncc2C(F)(F)F)NC(F)=NC1. The van der Waals surface area contributed by atoms with Crippen molar-refractivity contribution in [3.63, 3.8) is 0 Å². The van der Waals surface area contributed by atoms with Crippen LogP contribution in [-0.2, 0) is 6.18 Å². The van der Waals surface area contributed by atoms with Crippen LogP contribution in [0.25, 0.3) is 5.70 Å². The summed E-state index contributed by atoms with van der Waals surface area (Å²) in [5, 5.41) is 12.5. The zero-order valence-corrected chi connectivity index (χ0v) is 9.78. The van der Waals surface area contributed by atoms with Gasteiger partial charge in [-0.1, -0.05) is 0 Å². The molecule has 1 aromatic heterocycles. The minimum Gasteiger partial charge on any atom is -0.309 e. The van der Waals surface area contributed by atoms with Crippen molar-refractivity contribution in [1.82, 2.24) is 15.3 Å². The van der Waals surface area contributed by atoms with Crippen molar-refractivity contribution < 1.29 is 26.9 Å². The molecule has 0 aromatic carbocycles. The highest BCUT2D eigenvalue weighted by Crippen LogP contribution is 2.34. The third-order valence-electron chi connectivity index (χ3n) is 2.41. The van der Waals surface area contributed by atoms with E-state index in [0.29, 0.717) is 0 Å². The predicted octanol–water partition coefficient (Wildman–Crippen LogP) is 1.51. The molecule has 1 aliphatic rings. The van der Waals surface area contributed by atoms with Crippen molar-refractivity contribution in [3.05, 3.63) is 39.3 Å². The molecule has 1 aromatic rings. The van der Waals surface area contributed by atoms with Crippen molar-refractivity contribution in [2.24, 2.45) is 4.99 Å².